The van der Waals surface area contributed by atoms with E-state index in [9.17, 15) is 0 Å². The number of benzene rings is 8. The molecule has 10 aromatic rings. The summed E-state index contributed by atoms with van der Waals surface area (Å²) >= 11 is 0. The van der Waals surface area contributed by atoms with Crippen LogP contribution in [0.5, 0.6) is 0 Å². The molecule has 8 aromatic carbocycles. The predicted molar refractivity (Wildman–Crippen MR) is 227 cm³/mol. The third kappa shape index (κ3) is 5.68. The molecule has 4 heteroatoms. The summed E-state index contributed by atoms with van der Waals surface area (Å²) in [4.78, 5) is 3.83. The number of nitrogens with zero attached hydrogens (tertiary/aromatic N) is 3. The van der Waals surface area contributed by atoms with Crippen molar-refractivity contribution in [2.24, 2.45) is 0 Å². The molecule has 0 bridgehead atoms. The van der Waals surface area contributed by atoms with Crippen molar-refractivity contribution in [3.05, 3.63) is 200 Å². The van der Waals surface area contributed by atoms with E-state index in [1.807, 2.05) is 6.07 Å². The number of H-pyrrole nitrogens is 1. The van der Waals surface area contributed by atoms with Crippen LogP contribution in [0.3, 0.4) is 0 Å². The van der Waals surface area contributed by atoms with Gasteiger partial charge in [-0.25, -0.2) is 0 Å². The molecule has 0 aliphatic carbocycles. The second-order valence-electron chi connectivity index (χ2n) is 13.7. The van der Waals surface area contributed by atoms with Crippen LogP contribution in [0.15, 0.2) is 200 Å². The average molecular weight is 703 g/mol. The number of nitrogens with one attached hydrogen (secondary N) is 1. The molecule has 10 rings (SSSR count). The van der Waals surface area contributed by atoms with E-state index in [-0.39, 0.29) is 0 Å². The first kappa shape index (κ1) is 32.2. The van der Waals surface area contributed by atoms with Crippen molar-refractivity contribution in [1.82, 2.24) is 20.4 Å². The van der Waals surface area contributed by atoms with Gasteiger partial charge in [0.05, 0.1) is 5.52 Å². The Morgan fingerprint density at radius 1 is 0.291 bits per heavy atom. The van der Waals surface area contributed by atoms with Crippen LogP contribution in [0.25, 0.3) is 100.0 Å². The molecule has 2 aromatic heterocycles. The number of hydrogen-bond donors (Lipinski definition) is 1. The molecule has 0 saturated heterocycles. The van der Waals surface area contributed by atoms with Crippen molar-refractivity contribution in [3.63, 3.8) is 0 Å². The number of aromatic amines is 1. The molecule has 0 fully saturated rings. The van der Waals surface area contributed by atoms with E-state index in [1.54, 1.807) is 0 Å². The van der Waals surface area contributed by atoms with E-state index in [4.69, 9.17) is 10.2 Å². The summed E-state index contributed by atoms with van der Waals surface area (Å²) in [6, 6.07) is 70.4. The topological polar surface area (TPSA) is 54.5 Å². The second kappa shape index (κ2) is 13.8. The zero-order valence-corrected chi connectivity index (χ0v) is 29.9. The summed E-state index contributed by atoms with van der Waals surface area (Å²) in [6.45, 7) is 0. The highest BCUT2D eigenvalue weighted by atomic mass is 15.3. The van der Waals surface area contributed by atoms with Gasteiger partial charge in [-0.2, -0.15) is 0 Å². The van der Waals surface area contributed by atoms with Gasteiger partial charge < -0.3 is 4.98 Å². The lowest BCUT2D eigenvalue weighted by Crippen LogP contribution is -2.03. The molecule has 0 unspecified atom stereocenters. The Bertz CT molecular complexity index is 2970. The minimum Gasteiger partial charge on any atom is -0.354 e. The molecular weight excluding hydrogens is 669 g/mol. The molecule has 0 atom stereocenters. The van der Waals surface area contributed by atoms with Crippen molar-refractivity contribution in [2.75, 3.05) is 0 Å². The quantitative estimate of drug-likeness (QED) is 0.180. The van der Waals surface area contributed by atoms with Crippen molar-refractivity contribution < 1.29 is 0 Å². The summed E-state index contributed by atoms with van der Waals surface area (Å²) in [6.07, 6.45) is 0. The van der Waals surface area contributed by atoms with E-state index < -0.39 is 0 Å². The standard InChI is InChI=1S/C51H34N4/c1-4-18-34(19-5-1)37-24-10-12-27-41(37)48-50(43-29-14-11-25-38(43)35-20-6-2-7-21-35)53-55-54-51(48)44-30-15-13-28-42(44)47-39(36-22-8-3-9-23-36)32-33-45-40-26-16-17-31-46(40)52-49(45)47/h1-33,52H. The molecule has 0 aliphatic heterocycles. The van der Waals surface area contributed by atoms with Crippen LogP contribution in [0.1, 0.15) is 0 Å². The fourth-order valence-corrected chi connectivity index (χ4v) is 8.05. The lowest BCUT2D eigenvalue weighted by molar-refractivity contribution is 0.879. The Balaban J connectivity index is 1.31. The highest BCUT2D eigenvalue weighted by molar-refractivity contribution is 6.16. The van der Waals surface area contributed by atoms with Crippen LogP contribution in [-0.2, 0) is 0 Å². The number of aromatic nitrogens is 4. The van der Waals surface area contributed by atoms with E-state index in [0.29, 0.717) is 0 Å². The fraction of sp³-hybridized carbons (Fsp3) is 0. The first-order valence-electron chi connectivity index (χ1n) is 18.5. The highest BCUT2D eigenvalue weighted by Crippen LogP contribution is 2.48. The molecule has 0 aliphatic rings. The summed E-state index contributed by atoms with van der Waals surface area (Å²) in [7, 11) is 0. The Hall–Kier alpha value is -7.43. The predicted octanol–water partition coefficient (Wildman–Crippen LogP) is 13.2. The zero-order chi connectivity index (χ0) is 36.6. The van der Waals surface area contributed by atoms with Crippen LogP contribution in [0.4, 0.5) is 0 Å². The third-order valence-electron chi connectivity index (χ3n) is 10.5. The smallest absolute Gasteiger partial charge is 0.105 e. The Kier molecular flexibility index (Phi) is 8.12. The number of fused-ring (bicyclic) bond motifs is 3. The van der Waals surface area contributed by atoms with Gasteiger partial charge in [0.15, 0.2) is 0 Å². The average Bonchev–Trinajstić information content (AvgIpc) is 3.66. The SMILES string of the molecule is c1ccc(-c2ccccc2-c2nnnc(-c3ccccc3-c3c(-c4ccccc4)ccc4c3[nH]c3ccccc34)c2-c2ccccc2-c2ccccc2)cc1. The zero-order valence-electron chi connectivity index (χ0n) is 29.9. The van der Waals surface area contributed by atoms with Gasteiger partial charge in [0, 0.05) is 38.5 Å². The Labute approximate surface area is 319 Å². The lowest BCUT2D eigenvalue weighted by Gasteiger charge is -2.20. The van der Waals surface area contributed by atoms with Gasteiger partial charge in [0.1, 0.15) is 11.4 Å². The van der Waals surface area contributed by atoms with Crippen LogP contribution < -0.4 is 0 Å². The normalized spacial score (nSPS) is 11.3. The maximum absolute atomic E-state index is 4.99. The molecule has 55 heavy (non-hydrogen) atoms. The number of hydrogen-bond acceptors (Lipinski definition) is 3. The summed E-state index contributed by atoms with van der Waals surface area (Å²) in [5, 5.41) is 16.8. The van der Waals surface area contributed by atoms with Gasteiger partial charge in [-0.3, -0.25) is 0 Å². The molecule has 0 amide bonds. The molecule has 258 valence electrons. The van der Waals surface area contributed by atoms with Crippen molar-refractivity contribution in [3.8, 4) is 78.1 Å². The van der Waals surface area contributed by atoms with Gasteiger partial charge in [-0.05, 0) is 55.8 Å². The van der Waals surface area contributed by atoms with Gasteiger partial charge >= 0.3 is 0 Å². The maximum Gasteiger partial charge on any atom is 0.105 e. The van der Waals surface area contributed by atoms with Crippen molar-refractivity contribution >= 4 is 21.8 Å². The van der Waals surface area contributed by atoms with E-state index in [2.05, 4.69) is 204 Å². The van der Waals surface area contributed by atoms with Crippen LogP contribution in [0.2, 0.25) is 0 Å². The van der Waals surface area contributed by atoms with Crippen LogP contribution >= 0.6 is 0 Å². The Morgan fingerprint density at radius 3 is 1.29 bits per heavy atom. The summed E-state index contributed by atoms with van der Waals surface area (Å²) in [5.74, 6) is 0. The van der Waals surface area contributed by atoms with Gasteiger partial charge in [0.2, 0.25) is 0 Å². The van der Waals surface area contributed by atoms with Crippen molar-refractivity contribution in [2.45, 2.75) is 0 Å². The monoisotopic (exact) mass is 702 g/mol. The van der Waals surface area contributed by atoms with Gasteiger partial charge in [-0.15, -0.1) is 10.2 Å². The minimum atomic E-state index is 0.763. The number of rotatable bonds is 7. The van der Waals surface area contributed by atoms with E-state index in [1.165, 1.54) is 10.8 Å². The largest absolute Gasteiger partial charge is 0.354 e. The van der Waals surface area contributed by atoms with E-state index >= 15 is 0 Å². The summed E-state index contributed by atoms with van der Waals surface area (Å²) in [5.41, 5.74) is 16.5. The first-order valence-corrected chi connectivity index (χ1v) is 18.5. The van der Waals surface area contributed by atoms with Crippen LogP contribution in [-0.4, -0.2) is 20.4 Å². The van der Waals surface area contributed by atoms with E-state index in [0.717, 1.165) is 89.2 Å². The third-order valence-corrected chi connectivity index (χ3v) is 10.5. The molecule has 0 radical (unpaired) electrons. The minimum absolute atomic E-state index is 0.763. The van der Waals surface area contributed by atoms with Gasteiger partial charge in [0.25, 0.3) is 0 Å². The second-order valence-corrected chi connectivity index (χ2v) is 13.7. The molecule has 1 N–H and O–H groups in total. The van der Waals surface area contributed by atoms with Crippen molar-refractivity contribution in [1.29, 1.82) is 0 Å². The summed E-state index contributed by atoms with van der Waals surface area (Å²) < 4.78 is 0. The molecular formula is C51H34N4. The Morgan fingerprint density at radius 2 is 0.709 bits per heavy atom. The molecule has 4 nitrogen and oxygen atoms in total. The molecule has 0 spiro atoms. The van der Waals surface area contributed by atoms with Crippen LogP contribution in [0, 0.1) is 0 Å². The maximum atomic E-state index is 4.99. The first-order chi connectivity index (χ1) is 27.3. The molecule has 0 saturated carbocycles. The fourth-order valence-electron chi connectivity index (χ4n) is 8.05. The lowest BCUT2D eigenvalue weighted by atomic mass is 9.84. The van der Waals surface area contributed by atoms with Gasteiger partial charge in [-0.1, -0.05) is 194 Å². The number of para-hydroxylation sites is 1. The highest BCUT2D eigenvalue weighted by Gasteiger charge is 2.26. The molecule has 2 heterocycles.